The van der Waals surface area contributed by atoms with E-state index in [0.717, 1.165) is 35.4 Å². The van der Waals surface area contributed by atoms with Crippen LogP contribution in [0, 0.1) is 11.3 Å². The first-order valence-electron chi connectivity index (χ1n) is 11.3. The molecule has 0 aliphatic carbocycles. The fourth-order valence-corrected chi connectivity index (χ4v) is 4.41. The quantitative estimate of drug-likeness (QED) is 0.433. The van der Waals surface area contributed by atoms with Crippen LogP contribution in [-0.2, 0) is 4.74 Å². The van der Waals surface area contributed by atoms with Crippen LogP contribution < -0.4 is 15.2 Å². The second-order valence-corrected chi connectivity index (χ2v) is 8.33. The maximum absolute atomic E-state index is 9.51. The van der Waals surface area contributed by atoms with E-state index >= 15 is 0 Å². The Morgan fingerprint density at radius 3 is 2.69 bits per heavy atom. The van der Waals surface area contributed by atoms with Crippen molar-refractivity contribution in [2.75, 3.05) is 26.1 Å². The van der Waals surface area contributed by atoms with Gasteiger partial charge in [0.1, 0.15) is 51.7 Å². The average Bonchev–Trinajstić information content (AvgIpc) is 3.30. The Hall–Kier alpha value is -4.13. The van der Waals surface area contributed by atoms with Crippen molar-refractivity contribution in [2.24, 2.45) is 0 Å². The number of benzene rings is 2. The van der Waals surface area contributed by atoms with Crippen molar-refractivity contribution >= 4 is 11.3 Å². The molecule has 1 aliphatic rings. The largest absolute Gasteiger partial charge is 0.495 e. The minimum Gasteiger partial charge on any atom is -0.495 e. The van der Waals surface area contributed by atoms with Crippen LogP contribution in [0.5, 0.6) is 17.2 Å². The molecule has 2 aromatic heterocycles. The standard InChI is InChI=1S/C26H25N5O4/c1-33-21-3-2-4-22(20(21)13-27)35-18-8-5-16(6-9-18)23-24-25(28)29-11-12-31(24)26(30-23)17-7-10-19(14-32)34-15-17/h2-6,8-9,11-12,17,19,32H,7,10,14-15H2,1H3,(H2,28,29)/t17-,19+/m1/s1. The van der Waals surface area contributed by atoms with Crippen molar-refractivity contribution in [3.63, 3.8) is 0 Å². The van der Waals surface area contributed by atoms with Gasteiger partial charge in [-0.05, 0) is 49.2 Å². The van der Waals surface area contributed by atoms with Gasteiger partial charge in [-0.15, -0.1) is 0 Å². The summed E-state index contributed by atoms with van der Waals surface area (Å²) in [5.74, 6) is 2.78. The monoisotopic (exact) mass is 471 g/mol. The minimum absolute atomic E-state index is 0.0250. The van der Waals surface area contributed by atoms with Crippen molar-refractivity contribution in [1.29, 1.82) is 5.26 Å². The number of ether oxygens (including phenoxy) is 3. The van der Waals surface area contributed by atoms with Crippen molar-refractivity contribution in [3.05, 3.63) is 66.2 Å². The fraction of sp³-hybridized carbons (Fsp3) is 0.269. The number of hydrogen-bond acceptors (Lipinski definition) is 8. The lowest BCUT2D eigenvalue weighted by atomic mass is 9.98. The highest BCUT2D eigenvalue weighted by atomic mass is 16.5. The number of hydrogen-bond donors (Lipinski definition) is 2. The van der Waals surface area contributed by atoms with Crippen molar-refractivity contribution in [2.45, 2.75) is 24.9 Å². The molecular weight excluding hydrogens is 446 g/mol. The number of nitrogens with zero attached hydrogens (tertiary/aromatic N) is 4. The zero-order chi connectivity index (χ0) is 24.4. The van der Waals surface area contributed by atoms with Gasteiger partial charge >= 0.3 is 0 Å². The molecule has 0 unspecified atom stereocenters. The number of nitriles is 1. The van der Waals surface area contributed by atoms with Gasteiger partial charge in [-0.1, -0.05) is 6.07 Å². The van der Waals surface area contributed by atoms with E-state index in [9.17, 15) is 10.4 Å². The first-order valence-corrected chi connectivity index (χ1v) is 11.3. The SMILES string of the molecule is COc1cccc(Oc2ccc(-c3nc([C@@H]4CC[C@@H](CO)OC4)n4ccnc(N)c34)cc2)c1C#N. The zero-order valence-corrected chi connectivity index (χ0v) is 19.2. The number of rotatable bonds is 6. The molecule has 1 saturated heterocycles. The number of imidazole rings is 1. The Kier molecular flexibility index (Phi) is 6.23. The van der Waals surface area contributed by atoms with E-state index in [1.54, 1.807) is 24.4 Å². The van der Waals surface area contributed by atoms with Gasteiger partial charge in [0, 0.05) is 23.9 Å². The topological polar surface area (TPSA) is 128 Å². The Bertz CT molecular complexity index is 1390. The van der Waals surface area contributed by atoms with Crippen molar-refractivity contribution in [3.8, 4) is 34.6 Å². The van der Waals surface area contributed by atoms with E-state index in [0.29, 0.717) is 35.2 Å². The predicted molar refractivity (Wildman–Crippen MR) is 129 cm³/mol. The Balaban J connectivity index is 1.47. The van der Waals surface area contributed by atoms with E-state index in [-0.39, 0.29) is 18.6 Å². The second-order valence-electron chi connectivity index (χ2n) is 8.33. The van der Waals surface area contributed by atoms with E-state index in [1.165, 1.54) is 7.11 Å². The van der Waals surface area contributed by atoms with Crippen LogP contribution in [0.25, 0.3) is 16.8 Å². The molecule has 0 saturated carbocycles. The highest BCUT2D eigenvalue weighted by molar-refractivity contribution is 5.85. The van der Waals surface area contributed by atoms with Gasteiger partial charge in [-0.25, -0.2) is 9.97 Å². The van der Waals surface area contributed by atoms with E-state index in [2.05, 4.69) is 11.1 Å². The molecule has 9 nitrogen and oxygen atoms in total. The third-order valence-electron chi connectivity index (χ3n) is 6.22. The number of nitrogen functional groups attached to an aromatic ring is 1. The third-order valence-corrected chi connectivity index (χ3v) is 6.22. The van der Waals surface area contributed by atoms with E-state index in [4.69, 9.17) is 24.9 Å². The number of aromatic nitrogens is 3. The van der Waals surface area contributed by atoms with Gasteiger partial charge < -0.3 is 25.1 Å². The first kappa shape index (κ1) is 22.7. The van der Waals surface area contributed by atoms with Gasteiger partial charge in [-0.3, -0.25) is 4.40 Å². The molecule has 2 aromatic carbocycles. The van der Waals surface area contributed by atoms with Crippen LogP contribution in [0.1, 0.15) is 30.1 Å². The summed E-state index contributed by atoms with van der Waals surface area (Å²) in [7, 11) is 1.52. The molecule has 3 N–H and O–H groups in total. The summed E-state index contributed by atoms with van der Waals surface area (Å²) in [5, 5.41) is 18.9. The fourth-order valence-electron chi connectivity index (χ4n) is 4.41. The van der Waals surface area contributed by atoms with Gasteiger partial charge in [0.2, 0.25) is 0 Å². The normalized spacial score (nSPS) is 17.7. The van der Waals surface area contributed by atoms with Crippen LogP contribution in [-0.4, -0.2) is 45.9 Å². The molecule has 0 radical (unpaired) electrons. The molecule has 1 fully saturated rings. The lowest BCUT2D eigenvalue weighted by Gasteiger charge is -2.27. The summed E-state index contributed by atoms with van der Waals surface area (Å²) in [4.78, 5) is 9.23. The van der Waals surface area contributed by atoms with Crippen LogP contribution in [0.4, 0.5) is 5.82 Å². The molecule has 3 heterocycles. The summed E-state index contributed by atoms with van der Waals surface area (Å²) in [6.07, 6.45) is 5.03. The maximum Gasteiger partial charge on any atom is 0.150 e. The van der Waals surface area contributed by atoms with Gasteiger partial charge in [0.05, 0.1) is 26.4 Å². The number of methoxy groups -OCH3 is 1. The van der Waals surface area contributed by atoms with Crippen molar-refractivity contribution in [1.82, 2.24) is 14.4 Å². The van der Waals surface area contributed by atoms with Gasteiger partial charge in [-0.2, -0.15) is 5.26 Å². The summed E-state index contributed by atoms with van der Waals surface area (Å²) in [6, 6.07) is 14.8. The smallest absolute Gasteiger partial charge is 0.150 e. The number of anilines is 1. The molecule has 0 amide bonds. The number of aliphatic hydroxyl groups is 1. The van der Waals surface area contributed by atoms with Gasteiger partial charge in [0.15, 0.2) is 0 Å². The second kappa shape index (κ2) is 9.62. The molecule has 5 rings (SSSR count). The molecule has 2 atom stereocenters. The van der Waals surface area contributed by atoms with Crippen LogP contribution in [0.3, 0.4) is 0 Å². The predicted octanol–water partition coefficient (Wildman–Crippen LogP) is 3.91. The summed E-state index contributed by atoms with van der Waals surface area (Å²) >= 11 is 0. The van der Waals surface area contributed by atoms with E-state index < -0.39 is 0 Å². The molecule has 0 bridgehead atoms. The van der Waals surface area contributed by atoms with Crippen LogP contribution in [0.2, 0.25) is 0 Å². The Morgan fingerprint density at radius 1 is 1.20 bits per heavy atom. The number of nitrogens with two attached hydrogens (primary N) is 1. The van der Waals surface area contributed by atoms with Crippen LogP contribution in [0.15, 0.2) is 54.9 Å². The average molecular weight is 472 g/mol. The third kappa shape index (κ3) is 4.25. The molecule has 9 heteroatoms. The minimum atomic E-state index is -0.123. The molecule has 178 valence electrons. The van der Waals surface area contributed by atoms with Gasteiger partial charge in [0.25, 0.3) is 0 Å². The molecular formula is C26H25N5O4. The summed E-state index contributed by atoms with van der Waals surface area (Å²) in [6.45, 7) is 0.512. The molecule has 4 aromatic rings. The lowest BCUT2D eigenvalue weighted by molar-refractivity contribution is -0.0282. The Labute approximate surface area is 202 Å². The Morgan fingerprint density at radius 2 is 2.00 bits per heavy atom. The lowest BCUT2D eigenvalue weighted by Crippen LogP contribution is -2.28. The highest BCUT2D eigenvalue weighted by Crippen LogP contribution is 2.36. The van der Waals surface area contributed by atoms with Crippen molar-refractivity contribution < 1.29 is 19.3 Å². The first-order chi connectivity index (χ1) is 17.1. The molecule has 35 heavy (non-hydrogen) atoms. The summed E-state index contributed by atoms with van der Waals surface area (Å²) < 4.78 is 19.0. The number of fused-ring (bicyclic) bond motifs is 1. The van der Waals surface area contributed by atoms with Crippen LogP contribution >= 0.6 is 0 Å². The zero-order valence-electron chi connectivity index (χ0n) is 19.2. The molecule has 1 aliphatic heterocycles. The highest BCUT2D eigenvalue weighted by Gasteiger charge is 2.27. The number of aliphatic hydroxyl groups excluding tert-OH is 1. The molecule has 0 spiro atoms. The summed E-state index contributed by atoms with van der Waals surface area (Å²) in [5.41, 5.74) is 8.92. The maximum atomic E-state index is 9.51. The van der Waals surface area contributed by atoms with E-state index in [1.807, 2.05) is 34.9 Å².